The van der Waals surface area contributed by atoms with Crippen LogP contribution in [-0.4, -0.2) is 21.6 Å². The quantitative estimate of drug-likeness (QED) is 0.812. The number of hydrogen-bond acceptors (Lipinski definition) is 4. The van der Waals surface area contributed by atoms with E-state index in [4.69, 9.17) is 10.4 Å². The molecule has 1 aromatic rings. The van der Waals surface area contributed by atoms with Crippen molar-refractivity contribution in [2.45, 2.75) is 32.2 Å². The predicted octanol–water partition coefficient (Wildman–Crippen LogP) is 2.01. The highest BCUT2D eigenvalue weighted by Gasteiger charge is 2.19. The molecular formula is C12H15N3O2. The standard InChI is InChI=1S/C12H15N3O2/c1-12(2,7-6-11(16)17)15-10-5-3-4-9(8-13)14-10/h3-5H,6-7H2,1-2H3,(H,14,15)(H,16,17). The summed E-state index contributed by atoms with van der Waals surface area (Å²) in [6.07, 6.45) is 0.582. The third-order valence-corrected chi connectivity index (χ3v) is 2.29. The van der Waals surface area contributed by atoms with Gasteiger partial charge >= 0.3 is 5.97 Å². The number of nitrogens with one attached hydrogen (secondary N) is 1. The van der Waals surface area contributed by atoms with E-state index in [1.165, 1.54) is 0 Å². The summed E-state index contributed by atoms with van der Waals surface area (Å²) in [6.45, 7) is 3.80. The predicted molar refractivity (Wildman–Crippen MR) is 63.5 cm³/mol. The van der Waals surface area contributed by atoms with Crippen molar-refractivity contribution >= 4 is 11.8 Å². The number of anilines is 1. The van der Waals surface area contributed by atoms with Crippen LogP contribution in [0, 0.1) is 11.3 Å². The minimum Gasteiger partial charge on any atom is -0.481 e. The van der Waals surface area contributed by atoms with Crippen molar-refractivity contribution in [2.75, 3.05) is 5.32 Å². The maximum absolute atomic E-state index is 10.5. The van der Waals surface area contributed by atoms with Gasteiger partial charge in [-0.15, -0.1) is 0 Å². The summed E-state index contributed by atoms with van der Waals surface area (Å²) >= 11 is 0. The molecule has 1 aromatic heterocycles. The van der Waals surface area contributed by atoms with Gasteiger partial charge in [-0.25, -0.2) is 4.98 Å². The van der Waals surface area contributed by atoms with Gasteiger partial charge in [-0.2, -0.15) is 5.26 Å². The van der Waals surface area contributed by atoms with Crippen LogP contribution in [0.5, 0.6) is 0 Å². The van der Waals surface area contributed by atoms with Gasteiger partial charge in [-0.05, 0) is 32.4 Å². The molecule has 0 fully saturated rings. The first kappa shape index (κ1) is 13.0. The van der Waals surface area contributed by atoms with Crippen LogP contribution in [-0.2, 0) is 4.79 Å². The molecule has 0 unspecified atom stereocenters. The molecule has 0 radical (unpaired) electrons. The van der Waals surface area contributed by atoms with E-state index >= 15 is 0 Å². The smallest absolute Gasteiger partial charge is 0.303 e. The molecule has 5 nitrogen and oxygen atoms in total. The summed E-state index contributed by atoms with van der Waals surface area (Å²) in [7, 11) is 0. The molecular weight excluding hydrogens is 218 g/mol. The second-order valence-electron chi connectivity index (χ2n) is 4.42. The van der Waals surface area contributed by atoms with E-state index in [2.05, 4.69) is 10.3 Å². The van der Waals surface area contributed by atoms with Crippen molar-refractivity contribution < 1.29 is 9.90 Å². The molecule has 1 heterocycles. The molecule has 1 rings (SSSR count). The SMILES string of the molecule is CC(C)(CCC(=O)O)Nc1cccc(C#N)n1. The number of carbonyl (C=O) groups is 1. The highest BCUT2D eigenvalue weighted by Crippen LogP contribution is 2.18. The molecule has 90 valence electrons. The number of aromatic nitrogens is 1. The minimum absolute atomic E-state index is 0.0952. The Hall–Kier alpha value is -2.09. The maximum atomic E-state index is 10.5. The lowest BCUT2D eigenvalue weighted by Crippen LogP contribution is -2.32. The average Bonchev–Trinajstić information content (AvgIpc) is 2.26. The van der Waals surface area contributed by atoms with Gasteiger partial charge in [0.15, 0.2) is 0 Å². The third kappa shape index (κ3) is 4.51. The summed E-state index contributed by atoms with van der Waals surface area (Å²) in [6, 6.07) is 7.07. The number of hydrogen-bond donors (Lipinski definition) is 2. The van der Waals surface area contributed by atoms with Crippen LogP contribution in [0.2, 0.25) is 0 Å². The molecule has 0 aliphatic rings. The maximum Gasteiger partial charge on any atom is 0.303 e. The van der Waals surface area contributed by atoms with Crippen molar-refractivity contribution in [2.24, 2.45) is 0 Å². The Kier molecular flexibility index (Phi) is 4.05. The van der Waals surface area contributed by atoms with E-state index in [-0.39, 0.29) is 12.0 Å². The number of carboxylic acids is 1. The third-order valence-electron chi connectivity index (χ3n) is 2.29. The summed E-state index contributed by atoms with van der Waals surface area (Å²) in [5, 5.41) is 20.5. The van der Waals surface area contributed by atoms with Gasteiger partial charge in [0.2, 0.25) is 0 Å². The summed E-state index contributed by atoms with van der Waals surface area (Å²) in [4.78, 5) is 14.6. The molecule has 0 aliphatic heterocycles. The van der Waals surface area contributed by atoms with Crippen LogP contribution in [0.25, 0.3) is 0 Å². The minimum atomic E-state index is -0.821. The first-order chi connectivity index (χ1) is 7.93. The van der Waals surface area contributed by atoms with Crippen molar-refractivity contribution in [1.29, 1.82) is 5.26 Å². The fourth-order valence-corrected chi connectivity index (χ4v) is 1.40. The van der Waals surface area contributed by atoms with Crippen molar-refractivity contribution in [3.05, 3.63) is 23.9 Å². The van der Waals surface area contributed by atoms with Gasteiger partial charge in [0.05, 0.1) is 0 Å². The molecule has 17 heavy (non-hydrogen) atoms. The van der Waals surface area contributed by atoms with Crippen molar-refractivity contribution in [1.82, 2.24) is 4.98 Å². The van der Waals surface area contributed by atoms with Gasteiger partial charge in [-0.1, -0.05) is 6.07 Å². The van der Waals surface area contributed by atoms with Crippen LogP contribution < -0.4 is 5.32 Å². The van der Waals surface area contributed by atoms with Gasteiger partial charge in [0, 0.05) is 12.0 Å². The Labute approximate surface area is 100 Å². The monoisotopic (exact) mass is 233 g/mol. The molecule has 0 saturated carbocycles. The summed E-state index contributed by atoms with van der Waals surface area (Å²) in [5.74, 6) is -0.238. The number of rotatable bonds is 5. The molecule has 0 saturated heterocycles. The summed E-state index contributed by atoms with van der Waals surface area (Å²) < 4.78 is 0. The normalized spacial score (nSPS) is 10.6. The Morgan fingerprint density at radius 3 is 2.88 bits per heavy atom. The van der Waals surface area contributed by atoms with Gasteiger partial charge in [0.1, 0.15) is 17.6 Å². The second-order valence-corrected chi connectivity index (χ2v) is 4.42. The molecule has 5 heteroatoms. The lowest BCUT2D eigenvalue weighted by Gasteiger charge is -2.26. The van der Waals surface area contributed by atoms with Crippen LogP contribution >= 0.6 is 0 Å². The van der Waals surface area contributed by atoms with Crippen LogP contribution in [0.3, 0.4) is 0 Å². The number of pyridine rings is 1. The Morgan fingerprint density at radius 1 is 1.59 bits per heavy atom. The van der Waals surface area contributed by atoms with E-state index in [1.54, 1.807) is 18.2 Å². The van der Waals surface area contributed by atoms with E-state index in [1.807, 2.05) is 19.9 Å². The van der Waals surface area contributed by atoms with Gasteiger partial charge in [-0.3, -0.25) is 4.79 Å². The molecule has 0 atom stereocenters. The second kappa shape index (κ2) is 5.30. The molecule has 0 aliphatic carbocycles. The van der Waals surface area contributed by atoms with Gasteiger partial charge in [0.25, 0.3) is 0 Å². The molecule has 0 bridgehead atoms. The molecule has 0 aromatic carbocycles. The Bertz CT molecular complexity index is 449. The van der Waals surface area contributed by atoms with E-state index in [0.29, 0.717) is 17.9 Å². The topological polar surface area (TPSA) is 86.0 Å². The first-order valence-corrected chi connectivity index (χ1v) is 5.30. The Morgan fingerprint density at radius 2 is 2.29 bits per heavy atom. The van der Waals surface area contributed by atoms with E-state index in [9.17, 15) is 4.79 Å². The highest BCUT2D eigenvalue weighted by molar-refractivity contribution is 5.66. The average molecular weight is 233 g/mol. The van der Waals surface area contributed by atoms with E-state index < -0.39 is 5.97 Å². The zero-order valence-electron chi connectivity index (χ0n) is 9.90. The lowest BCUT2D eigenvalue weighted by atomic mass is 9.98. The number of nitrogens with zero attached hydrogens (tertiary/aromatic N) is 2. The van der Waals surface area contributed by atoms with Crippen LogP contribution in [0.4, 0.5) is 5.82 Å². The zero-order valence-corrected chi connectivity index (χ0v) is 9.90. The molecule has 0 amide bonds. The highest BCUT2D eigenvalue weighted by atomic mass is 16.4. The first-order valence-electron chi connectivity index (χ1n) is 5.30. The van der Waals surface area contributed by atoms with Crippen LogP contribution in [0.15, 0.2) is 18.2 Å². The number of aliphatic carboxylic acids is 1. The molecule has 2 N–H and O–H groups in total. The zero-order chi connectivity index (χ0) is 12.9. The van der Waals surface area contributed by atoms with Crippen molar-refractivity contribution in [3.8, 4) is 6.07 Å². The lowest BCUT2D eigenvalue weighted by molar-refractivity contribution is -0.137. The number of carboxylic acid groups (broad SMARTS) is 1. The molecule has 0 spiro atoms. The van der Waals surface area contributed by atoms with E-state index in [0.717, 1.165) is 0 Å². The van der Waals surface area contributed by atoms with Gasteiger partial charge < -0.3 is 10.4 Å². The van der Waals surface area contributed by atoms with Crippen molar-refractivity contribution in [3.63, 3.8) is 0 Å². The fourth-order valence-electron chi connectivity index (χ4n) is 1.40. The Balaban J connectivity index is 2.69. The largest absolute Gasteiger partial charge is 0.481 e. The van der Waals surface area contributed by atoms with Crippen LogP contribution in [0.1, 0.15) is 32.4 Å². The summed E-state index contributed by atoms with van der Waals surface area (Å²) in [5.41, 5.74) is -0.0385. The fraction of sp³-hybridized carbons (Fsp3) is 0.417. The number of nitriles is 1.